The predicted octanol–water partition coefficient (Wildman–Crippen LogP) is 3.04. The Labute approximate surface area is 175 Å². The molecule has 2 atom stereocenters. The van der Waals surface area contributed by atoms with Crippen molar-refractivity contribution in [2.45, 2.75) is 32.8 Å². The van der Waals surface area contributed by atoms with Crippen LogP contribution in [0.2, 0.25) is 0 Å². The summed E-state index contributed by atoms with van der Waals surface area (Å²) in [5.74, 6) is -1.81. The van der Waals surface area contributed by atoms with Crippen LogP contribution in [0.15, 0.2) is 48.5 Å². The molecule has 1 saturated heterocycles. The van der Waals surface area contributed by atoms with Crippen LogP contribution < -0.4 is 10.2 Å². The van der Waals surface area contributed by atoms with E-state index >= 15 is 0 Å². The van der Waals surface area contributed by atoms with E-state index < -0.39 is 23.9 Å². The van der Waals surface area contributed by atoms with Crippen LogP contribution >= 0.6 is 0 Å². The lowest BCUT2D eigenvalue weighted by atomic mass is 10.1. The zero-order valence-electron chi connectivity index (χ0n) is 16.9. The molecular weight excluding hydrogens is 382 g/mol. The quantitative estimate of drug-likeness (QED) is 0.745. The number of ether oxygens (including phenoxy) is 1. The predicted molar refractivity (Wildman–Crippen MR) is 112 cm³/mol. The van der Waals surface area contributed by atoms with Crippen molar-refractivity contribution in [3.63, 3.8) is 0 Å². The number of nitrogens with one attached hydrogen (secondary N) is 1. The molecule has 1 aliphatic heterocycles. The van der Waals surface area contributed by atoms with Gasteiger partial charge in [-0.1, -0.05) is 19.1 Å². The fraction of sp³-hybridized carbons (Fsp3) is 0.304. The molecule has 2 aromatic rings. The third-order valence-corrected chi connectivity index (χ3v) is 5.06. The van der Waals surface area contributed by atoms with Crippen LogP contribution in [0, 0.1) is 17.2 Å². The maximum Gasteiger partial charge on any atom is 0.312 e. The molecule has 1 N–H and O–H groups in total. The van der Waals surface area contributed by atoms with Crippen molar-refractivity contribution in [1.82, 2.24) is 0 Å². The van der Waals surface area contributed by atoms with Gasteiger partial charge in [0.1, 0.15) is 0 Å². The molecule has 3 rings (SSSR count). The summed E-state index contributed by atoms with van der Waals surface area (Å²) in [6.07, 6.45) is -0.0506. The summed E-state index contributed by atoms with van der Waals surface area (Å²) < 4.78 is 5.30. The van der Waals surface area contributed by atoms with E-state index in [1.54, 1.807) is 29.2 Å². The molecule has 2 aromatic carbocycles. The number of carbonyl (C=O) groups is 3. The van der Waals surface area contributed by atoms with Crippen molar-refractivity contribution in [3.05, 3.63) is 59.7 Å². The van der Waals surface area contributed by atoms with Crippen molar-refractivity contribution in [3.8, 4) is 6.07 Å². The van der Waals surface area contributed by atoms with Crippen LogP contribution in [0.4, 0.5) is 11.4 Å². The smallest absolute Gasteiger partial charge is 0.312 e. The zero-order chi connectivity index (χ0) is 21.7. The molecule has 0 spiro atoms. The first kappa shape index (κ1) is 21.1. The molecule has 1 heterocycles. The van der Waals surface area contributed by atoms with E-state index in [-0.39, 0.29) is 18.9 Å². The largest absolute Gasteiger partial charge is 0.452 e. The molecule has 30 heavy (non-hydrogen) atoms. The summed E-state index contributed by atoms with van der Waals surface area (Å²) >= 11 is 0. The maximum absolute atomic E-state index is 12.5. The highest BCUT2D eigenvalue weighted by Crippen LogP contribution is 2.26. The van der Waals surface area contributed by atoms with Gasteiger partial charge in [0, 0.05) is 24.3 Å². The number of anilines is 2. The molecule has 0 saturated carbocycles. The third kappa shape index (κ3) is 4.84. The second-order valence-corrected chi connectivity index (χ2v) is 7.18. The minimum Gasteiger partial charge on any atom is -0.452 e. The number of amides is 2. The van der Waals surface area contributed by atoms with E-state index in [9.17, 15) is 14.4 Å². The number of aryl methyl sites for hydroxylation is 1. The van der Waals surface area contributed by atoms with E-state index in [0.717, 1.165) is 12.1 Å². The molecule has 0 radical (unpaired) electrons. The van der Waals surface area contributed by atoms with E-state index in [4.69, 9.17) is 10.00 Å². The van der Waals surface area contributed by atoms with Gasteiger partial charge in [-0.3, -0.25) is 14.4 Å². The number of carbonyl (C=O) groups excluding carboxylic acids is 3. The highest BCUT2D eigenvalue weighted by molar-refractivity contribution is 6.00. The lowest BCUT2D eigenvalue weighted by Crippen LogP contribution is -2.33. The Hall–Kier alpha value is -3.66. The number of nitrogens with zero attached hydrogens (tertiary/aromatic N) is 2. The fourth-order valence-corrected chi connectivity index (χ4v) is 3.22. The Morgan fingerprint density at radius 2 is 1.87 bits per heavy atom. The first-order chi connectivity index (χ1) is 14.4. The summed E-state index contributed by atoms with van der Waals surface area (Å²) in [6, 6.07) is 16.0. The number of benzene rings is 2. The van der Waals surface area contributed by atoms with Crippen LogP contribution in [-0.4, -0.2) is 30.4 Å². The highest BCUT2D eigenvalue weighted by atomic mass is 16.5. The van der Waals surface area contributed by atoms with E-state index in [2.05, 4.69) is 12.2 Å². The van der Waals surface area contributed by atoms with Gasteiger partial charge in [-0.25, -0.2) is 0 Å². The SMILES string of the molecule is CCc1ccc(N2C[C@@H](C(=O)O[C@H](C)C(=O)Nc3ccc(C#N)cc3)CC2=O)cc1. The third-order valence-electron chi connectivity index (χ3n) is 5.06. The molecule has 1 aliphatic rings. The van der Waals surface area contributed by atoms with Crippen molar-refractivity contribution < 1.29 is 19.1 Å². The van der Waals surface area contributed by atoms with Gasteiger partial charge in [-0.2, -0.15) is 5.26 Å². The molecule has 0 bridgehead atoms. The lowest BCUT2D eigenvalue weighted by molar-refractivity contribution is -0.157. The zero-order valence-corrected chi connectivity index (χ0v) is 16.9. The first-order valence-electron chi connectivity index (χ1n) is 9.82. The number of hydrogen-bond acceptors (Lipinski definition) is 5. The Balaban J connectivity index is 1.56. The summed E-state index contributed by atoms with van der Waals surface area (Å²) in [5.41, 5.74) is 2.90. The maximum atomic E-state index is 12.5. The van der Waals surface area contributed by atoms with Gasteiger partial charge in [0.05, 0.1) is 17.6 Å². The van der Waals surface area contributed by atoms with Crippen molar-refractivity contribution in [2.75, 3.05) is 16.8 Å². The molecule has 1 fully saturated rings. The van der Waals surface area contributed by atoms with Crippen LogP contribution in [0.3, 0.4) is 0 Å². The molecular formula is C23H23N3O4. The van der Waals surface area contributed by atoms with Crippen LogP contribution in [0.5, 0.6) is 0 Å². The summed E-state index contributed by atoms with van der Waals surface area (Å²) in [5, 5.41) is 11.5. The second-order valence-electron chi connectivity index (χ2n) is 7.18. The van der Waals surface area contributed by atoms with Crippen molar-refractivity contribution >= 4 is 29.2 Å². The highest BCUT2D eigenvalue weighted by Gasteiger charge is 2.37. The molecule has 0 aliphatic carbocycles. The number of nitriles is 1. The van der Waals surface area contributed by atoms with Crippen LogP contribution in [0.25, 0.3) is 0 Å². The minimum atomic E-state index is -1.01. The normalized spacial score (nSPS) is 16.6. The van der Waals surface area contributed by atoms with Gasteiger partial charge < -0.3 is 15.0 Å². The molecule has 154 valence electrons. The average molecular weight is 405 g/mol. The Morgan fingerprint density at radius 1 is 1.20 bits per heavy atom. The van der Waals surface area contributed by atoms with Gasteiger partial charge in [-0.05, 0) is 55.3 Å². The van der Waals surface area contributed by atoms with E-state index in [0.29, 0.717) is 11.3 Å². The molecule has 0 aromatic heterocycles. The van der Waals surface area contributed by atoms with E-state index in [1.807, 2.05) is 30.3 Å². The lowest BCUT2D eigenvalue weighted by Gasteiger charge is -2.18. The molecule has 7 nitrogen and oxygen atoms in total. The Kier molecular flexibility index (Phi) is 6.48. The molecule has 7 heteroatoms. The van der Waals surface area contributed by atoms with Crippen molar-refractivity contribution in [1.29, 1.82) is 5.26 Å². The van der Waals surface area contributed by atoms with E-state index in [1.165, 1.54) is 12.5 Å². The number of esters is 1. The first-order valence-corrected chi connectivity index (χ1v) is 9.82. The molecule has 0 unspecified atom stereocenters. The Bertz CT molecular complexity index is 977. The second kappa shape index (κ2) is 9.23. The minimum absolute atomic E-state index is 0.0539. The van der Waals surface area contributed by atoms with Gasteiger partial charge in [0.15, 0.2) is 6.10 Å². The van der Waals surface area contributed by atoms with Crippen LogP contribution in [-0.2, 0) is 25.5 Å². The monoisotopic (exact) mass is 405 g/mol. The fourth-order valence-electron chi connectivity index (χ4n) is 3.22. The summed E-state index contributed by atoms with van der Waals surface area (Å²) in [6.45, 7) is 3.77. The topological polar surface area (TPSA) is 99.5 Å². The standard InChI is InChI=1S/C23H23N3O4/c1-3-16-6-10-20(11-7-16)26-14-18(12-21(26)27)23(29)30-15(2)22(28)25-19-8-4-17(13-24)5-9-19/h4-11,15,18H,3,12,14H2,1-2H3,(H,25,28)/t15-,18+/m1/s1. The summed E-state index contributed by atoms with van der Waals surface area (Å²) in [4.78, 5) is 38.7. The summed E-state index contributed by atoms with van der Waals surface area (Å²) in [7, 11) is 0. The Morgan fingerprint density at radius 3 is 2.47 bits per heavy atom. The number of hydrogen-bond donors (Lipinski definition) is 1. The molecule has 2 amide bonds. The van der Waals surface area contributed by atoms with Gasteiger partial charge >= 0.3 is 5.97 Å². The average Bonchev–Trinajstić information content (AvgIpc) is 3.16. The van der Waals surface area contributed by atoms with Gasteiger partial charge in [0.25, 0.3) is 5.91 Å². The van der Waals surface area contributed by atoms with Crippen LogP contribution in [0.1, 0.15) is 31.4 Å². The number of rotatable bonds is 6. The van der Waals surface area contributed by atoms with Gasteiger partial charge in [-0.15, -0.1) is 0 Å². The van der Waals surface area contributed by atoms with Gasteiger partial charge in [0.2, 0.25) is 5.91 Å². The van der Waals surface area contributed by atoms with Crippen molar-refractivity contribution in [2.24, 2.45) is 5.92 Å².